The van der Waals surface area contributed by atoms with Crippen LogP contribution < -0.4 is 5.32 Å². The van der Waals surface area contributed by atoms with Crippen molar-refractivity contribution in [2.45, 2.75) is 32.0 Å². The molecular formula is C18H25N3O2. The van der Waals surface area contributed by atoms with Crippen LogP contribution in [0.4, 0.5) is 0 Å². The summed E-state index contributed by atoms with van der Waals surface area (Å²) in [5.41, 5.74) is 1.12. The number of aliphatic hydroxyl groups excluding tert-OH is 1. The maximum atomic E-state index is 10.1. The number of aromatic nitrogens is 1. The first-order valence-electron chi connectivity index (χ1n) is 8.29. The molecule has 0 radical (unpaired) electrons. The standard InChI is InChI=1S/C18H25N3O2/c1-14-12-21(13-15-5-2-3-8-19-15)9-7-16(14)20-11-17(22)18-6-4-10-23-18/h2-6,8,10,14,16-17,20,22H,7,9,11-13H2,1H3. The molecule has 2 N–H and O–H groups in total. The van der Waals surface area contributed by atoms with Crippen molar-refractivity contribution in [3.8, 4) is 0 Å². The van der Waals surface area contributed by atoms with Gasteiger partial charge in [0.25, 0.3) is 0 Å². The fourth-order valence-electron chi connectivity index (χ4n) is 3.24. The SMILES string of the molecule is CC1CN(Cc2ccccn2)CCC1NCC(O)c1ccco1. The summed E-state index contributed by atoms with van der Waals surface area (Å²) in [4.78, 5) is 6.86. The second-order valence-electron chi connectivity index (χ2n) is 6.37. The molecule has 1 fully saturated rings. The van der Waals surface area contributed by atoms with Crippen molar-refractivity contribution in [1.82, 2.24) is 15.2 Å². The van der Waals surface area contributed by atoms with E-state index >= 15 is 0 Å². The summed E-state index contributed by atoms with van der Waals surface area (Å²) in [6.07, 6.45) is 3.95. The smallest absolute Gasteiger partial charge is 0.133 e. The van der Waals surface area contributed by atoms with Crippen molar-refractivity contribution in [3.63, 3.8) is 0 Å². The van der Waals surface area contributed by atoms with Gasteiger partial charge in [0.05, 0.1) is 12.0 Å². The normalized spacial score (nSPS) is 23.7. The molecule has 5 nitrogen and oxygen atoms in total. The third-order valence-corrected chi connectivity index (χ3v) is 4.55. The van der Waals surface area contributed by atoms with E-state index in [9.17, 15) is 5.11 Å². The van der Waals surface area contributed by atoms with Gasteiger partial charge < -0.3 is 14.8 Å². The van der Waals surface area contributed by atoms with Crippen LogP contribution in [-0.2, 0) is 6.54 Å². The van der Waals surface area contributed by atoms with Crippen molar-refractivity contribution in [3.05, 3.63) is 54.2 Å². The topological polar surface area (TPSA) is 61.5 Å². The highest BCUT2D eigenvalue weighted by Crippen LogP contribution is 2.20. The van der Waals surface area contributed by atoms with Crippen LogP contribution in [0.5, 0.6) is 0 Å². The van der Waals surface area contributed by atoms with Gasteiger partial charge in [-0.05, 0) is 36.6 Å². The second kappa shape index (κ2) is 7.73. The fraction of sp³-hybridized carbons (Fsp3) is 0.500. The Morgan fingerprint density at radius 1 is 1.39 bits per heavy atom. The fourth-order valence-corrected chi connectivity index (χ4v) is 3.24. The molecule has 1 aliphatic rings. The number of hydrogen-bond donors (Lipinski definition) is 2. The first-order chi connectivity index (χ1) is 11.2. The second-order valence-corrected chi connectivity index (χ2v) is 6.37. The van der Waals surface area contributed by atoms with E-state index in [1.54, 1.807) is 12.3 Å². The molecule has 3 rings (SSSR count). The highest BCUT2D eigenvalue weighted by atomic mass is 16.4. The molecule has 1 saturated heterocycles. The molecule has 0 bridgehead atoms. The Hall–Kier alpha value is -1.69. The third-order valence-electron chi connectivity index (χ3n) is 4.55. The zero-order valence-electron chi connectivity index (χ0n) is 13.6. The third kappa shape index (κ3) is 4.41. The Kier molecular flexibility index (Phi) is 5.43. The zero-order chi connectivity index (χ0) is 16.1. The van der Waals surface area contributed by atoms with E-state index in [0.29, 0.717) is 24.3 Å². The highest BCUT2D eigenvalue weighted by molar-refractivity contribution is 5.04. The maximum Gasteiger partial charge on any atom is 0.133 e. The molecule has 0 amide bonds. The summed E-state index contributed by atoms with van der Waals surface area (Å²) in [6.45, 7) is 5.80. The molecule has 124 valence electrons. The molecule has 0 aromatic carbocycles. The number of furan rings is 1. The van der Waals surface area contributed by atoms with E-state index in [1.807, 2.05) is 24.4 Å². The van der Waals surface area contributed by atoms with Crippen LogP contribution in [0.15, 0.2) is 47.2 Å². The molecule has 3 atom stereocenters. The van der Waals surface area contributed by atoms with Gasteiger partial charge in [-0.3, -0.25) is 9.88 Å². The van der Waals surface area contributed by atoms with Crippen molar-refractivity contribution < 1.29 is 9.52 Å². The van der Waals surface area contributed by atoms with E-state index in [2.05, 4.69) is 28.2 Å². The lowest BCUT2D eigenvalue weighted by Gasteiger charge is -2.37. The predicted octanol–water partition coefficient (Wildman–Crippen LogP) is 2.21. The van der Waals surface area contributed by atoms with Gasteiger partial charge in [0.1, 0.15) is 11.9 Å². The molecule has 2 aromatic rings. The number of hydrogen-bond acceptors (Lipinski definition) is 5. The molecule has 1 aliphatic heterocycles. The van der Waals surface area contributed by atoms with Crippen LogP contribution in [0.1, 0.15) is 30.9 Å². The molecule has 0 aliphatic carbocycles. The zero-order valence-corrected chi connectivity index (χ0v) is 13.6. The highest BCUT2D eigenvalue weighted by Gasteiger charge is 2.26. The minimum atomic E-state index is -0.580. The van der Waals surface area contributed by atoms with Gasteiger partial charge in [0.2, 0.25) is 0 Å². The number of rotatable bonds is 6. The molecular weight excluding hydrogens is 290 g/mol. The van der Waals surface area contributed by atoms with Crippen molar-refractivity contribution in [2.75, 3.05) is 19.6 Å². The molecule has 5 heteroatoms. The number of nitrogens with one attached hydrogen (secondary N) is 1. The number of piperidine rings is 1. The Morgan fingerprint density at radius 3 is 3.00 bits per heavy atom. The Bertz CT molecular complexity index is 573. The number of aliphatic hydroxyl groups is 1. The lowest BCUT2D eigenvalue weighted by Crippen LogP contribution is -2.48. The van der Waals surface area contributed by atoms with Gasteiger partial charge in [-0.25, -0.2) is 0 Å². The van der Waals surface area contributed by atoms with Crippen molar-refractivity contribution in [1.29, 1.82) is 0 Å². The van der Waals surface area contributed by atoms with Gasteiger partial charge in [-0.1, -0.05) is 13.0 Å². The van der Waals surface area contributed by atoms with E-state index in [0.717, 1.165) is 31.7 Å². The number of nitrogens with zero attached hydrogens (tertiary/aromatic N) is 2. The van der Waals surface area contributed by atoms with E-state index < -0.39 is 6.10 Å². The van der Waals surface area contributed by atoms with Crippen LogP contribution in [0.2, 0.25) is 0 Å². The molecule has 23 heavy (non-hydrogen) atoms. The number of pyridine rings is 1. The average molecular weight is 315 g/mol. The van der Waals surface area contributed by atoms with Gasteiger partial charge in [0, 0.05) is 38.4 Å². The average Bonchev–Trinajstić information content (AvgIpc) is 3.09. The molecule has 2 aromatic heterocycles. The van der Waals surface area contributed by atoms with Crippen LogP contribution in [0.3, 0.4) is 0 Å². The van der Waals surface area contributed by atoms with Gasteiger partial charge in [0.15, 0.2) is 0 Å². The monoisotopic (exact) mass is 315 g/mol. The van der Waals surface area contributed by atoms with Gasteiger partial charge in [-0.2, -0.15) is 0 Å². The molecule has 3 unspecified atom stereocenters. The Labute approximate surface area is 137 Å². The van der Waals surface area contributed by atoms with Crippen molar-refractivity contribution in [2.24, 2.45) is 5.92 Å². The first-order valence-corrected chi connectivity index (χ1v) is 8.29. The summed E-state index contributed by atoms with van der Waals surface area (Å²) < 4.78 is 5.24. The summed E-state index contributed by atoms with van der Waals surface area (Å²) in [5.74, 6) is 1.16. The molecule has 0 spiro atoms. The number of likely N-dealkylation sites (tertiary alicyclic amines) is 1. The quantitative estimate of drug-likeness (QED) is 0.856. The lowest BCUT2D eigenvalue weighted by atomic mass is 9.93. The summed E-state index contributed by atoms with van der Waals surface area (Å²) in [6, 6.07) is 10.1. The molecule has 3 heterocycles. The van der Waals surface area contributed by atoms with Crippen LogP contribution in [0.25, 0.3) is 0 Å². The van der Waals surface area contributed by atoms with Crippen molar-refractivity contribution >= 4 is 0 Å². The minimum Gasteiger partial charge on any atom is -0.467 e. The first kappa shape index (κ1) is 16.2. The predicted molar refractivity (Wildman–Crippen MR) is 88.8 cm³/mol. The minimum absolute atomic E-state index is 0.430. The van der Waals surface area contributed by atoms with Gasteiger partial charge in [-0.15, -0.1) is 0 Å². The van der Waals surface area contributed by atoms with Crippen LogP contribution in [0, 0.1) is 5.92 Å². The maximum absolute atomic E-state index is 10.1. The van der Waals surface area contributed by atoms with Crippen LogP contribution in [-0.4, -0.2) is 40.7 Å². The molecule has 0 saturated carbocycles. The Balaban J connectivity index is 1.45. The lowest BCUT2D eigenvalue weighted by molar-refractivity contribution is 0.110. The largest absolute Gasteiger partial charge is 0.467 e. The summed E-state index contributed by atoms with van der Waals surface area (Å²) in [7, 11) is 0. The van der Waals surface area contributed by atoms with Crippen LogP contribution >= 0.6 is 0 Å². The van der Waals surface area contributed by atoms with E-state index in [1.165, 1.54) is 0 Å². The van der Waals surface area contributed by atoms with E-state index in [-0.39, 0.29) is 0 Å². The van der Waals surface area contributed by atoms with Gasteiger partial charge >= 0.3 is 0 Å². The summed E-state index contributed by atoms with van der Waals surface area (Å²) >= 11 is 0. The Morgan fingerprint density at radius 2 is 2.30 bits per heavy atom. The summed E-state index contributed by atoms with van der Waals surface area (Å²) in [5, 5.41) is 13.6. The van der Waals surface area contributed by atoms with E-state index in [4.69, 9.17) is 4.42 Å².